The maximum absolute atomic E-state index is 13.8. The number of hydrogen-bond acceptors (Lipinski definition) is 4. The minimum Gasteiger partial charge on any atom is -0.467 e. The van der Waals surface area contributed by atoms with Gasteiger partial charge in [-0.25, -0.2) is 9.78 Å². The summed E-state index contributed by atoms with van der Waals surface area (Å²) in [6.45, 7) is 6.31. The smallest absolute Gasteiger partial charge is 0.322 e. The molecule has 39 heavy (non-hydrogen) atoms. The molecule has 0 bridgehead atoms. The van der Waals surface area contributed by atoms with Gasteiger partial charge in [0.1, 0.15) is 11.6 Å². The second-order valence-electron chi connectivity index (χ2n) is 9.69. The molecule has 198 valence electrons. The third kappa shape index (κ3) is 5.66. The van der Waals surface area contributed by atoms with Gasteiger partial charge in [-0.05, 0) is 79.1 Å². The van der Waals surface area contributed by atoms with Crippen LogP contribution in [0.15, 0.2) is 105 Å². The summed E-state index contributed by atoms with van der Waals surface area (Å²) in [5.41, 5.74) is 2.89. The quantitative estimate of drug-likeness (QED) is 0.213. The van der Waals surface area contributed by atoms with Crippen molar-refractivity contribution in [1.29, 1.82) is 0 Å². The number of para-hydroxylation sites is 1. The molecule has 0 saturated carbocycles. The number of aromatic nitrogens is 2. The number of halogens is 1. The zero-order valence-corrected chi connectivity index (χ0v) is 23.6. The fourth-order valence-corrected chi connectivity index (χ4v) is 4.78. The maximum Gasteiger partial charge on any atom is 0.322 e. The Labute approximate surface area is 235 Å². The van der Waals surface area contributed by atoms with Crippen molar-refractivity contribution in [3.63, 3.8) is 0 Å². The summed E-state index contributed by atoms with van der Waals surface area (Å²) >= 11 is 3.47. The second kappa shape index (κ2) is 11.3. The molecule has 0 radical (unpaired) electrons. The van der Waals surface area contributed by atoms with Crippen LogP contribution in [-0.2, 0) is 6.54 Å². The van der Waals surface area contributed by atoms with Crippen LogP contribution in [0.3, 0.4) is 0 Å². The summed E-state index contributed by atoms with van der Waals surface area (Å²) in [7, 11) is 0. The molecule has 8 heteroatoms. The summed E-state index contributed by atoms with van der Waals surface area (Å²) in [4.78, 5) is 34.1. The fourth-order valence-electron chi connectivity index (χ4n) is 4.51. The topological polar surface area (TPSA) is 80.4 Å². The molecule has 2 heterocycles. The number of rotatable bonds is 7. The highest BCUT2D eigenvalue weighted by molar-refractivity contribution is 9.10. The Hall–Kier alpha value is -4.17. The summed E-state index contributed by atoms with van der Waals surface area (Å²) < 4.78 is 8.07. The standard InChI is InChI=1S/C31H29BrN4O3/c1-20(2)22-10-14-24(15-11-22)33-31(38)35(19-26-7-6-18-39-26)21(3)29-34-28-9-5-4-8-27(28)30(37)36(29)25-16-12-23(32)13-17-25/h4-18,20-21H,19H2,1-3H3,(H,33,38). The minimum atomic E-state index is -0.592. The normalized spacial score (nSPS) is 12.0. The molecule has 3 aromatic carbocycles. The first-order chi connectivity index (χ1) is 18.8. The van der Waals surface area contributed by atoms with Crippen molar-refractivity contribution >= 4 is 38.6 Å². The number of anilines is 1. The van der Waals surface area contributed by atoms with Crippen LogP contribution in [-0.4, -0.2) is 20.5 Å². The molecule has 0 aliphatic carbocycles. The van der Waals surface area contributed by atoms with Crippen molar-refractivity contribution in [3.05, 3.63) is 123 Å². The van der Waals surface area contributed by atoms with Gasteiger partial charge in [0.25, 0.3) is 5.56 Å². The largest absolute Gasteiger partial charge is 0.467 e. The molecule has 5 aromatic rings. The lowest BCUT2D eigenvalue weighted by atomic mass is 10.0. The van der Waals surface area contributed by atoms with Gasteiger partial charge in [0.2, 0.25) is 0 Å². The van der Waals surface area contributed by atoms with Gasteiger partial charge in [-0.2, -0.15) is 0 Å². The van der Waals surface area contributed by atoms with E-state index in [1.54, 1.807) is 27.9 Å². The highest BCUT2D eigenvalue weighted by Gasteiger charge is 2.28. The number of nitrogens with zero attached hydrogens (tertiary/aromatic N) is 3. The molecule has 7 nitrogen and oxygen atoms in total. The van der Waals surface area contributed by atoms with Crippen molar-refractivity contribution in [2.45, 2.75) is 39.3 Å². The number of carbonyl (C=O) groups excluding carboxylic acids is 1. The van der Waals surface area contributed by atoms with E-state index in [1.807, 2.05) is 79.7 Å². The van der Waals surface area contributed by atoms with Gasteiger partial charge in [-0.15, -0.1) is 0 Å². The Kier molecular flexibility index (Phi) is 7.65. The molecule has 0 aliphatic heterocycles. The Bertz CT molecular complexity index is 1640. The monoisotopic (exact) mass is 584 g/mol. The van der Waals surface area contributed by atoms with Crippen molar-refractivity contribution in [1.82, 2.24) is 14.5 Å². The number of amides is 2. The Balaban J connectivity index is 1.59. The first kappa shape index (κ1) is 26.4. The third-order valence-electron chi connectivity index (χ3n) is 6.72. The van der Waals surface area contributed by atoms with Crippen molar-refractivity contribution in [2.24, 2.45) is 0 Å². The molecule has 1 atom stereocenters. The number of carbonyl (C=O) groups is 1. The van der Waals surface area contributed by atoms with Gasteiger partial charge in [-0.1, -0.05) is 54.0 Å². The number of furan rings is 1. The van der Waals surface area contributed by atoms with Gasteiger partial charge in [0.15, 0.2) is 0 Å². The van der Waals surface area contributed by atoms with Crippen LogP contribution >= 0.6 is 15.9 Å². The van der Waals surface area contributed by atoms with Crippen LogP contribution in [0.25, 0.3) is 16.6 Å². The highest BCUT2D eigenvalue weighted by atomic mass is 79.9. The van der Waals surface area contributed by atoms with Crippen molar-refractivity contribution in [2.75, 3.05) is 5.32 Å². The van der Waals surface area contributed by atoms with Gasteiger partial charge >= 0.3 is 6.03 Å². The van der Waals surface area contributed by atoms with Crippen LogP contribution in [0, 0.1) is 0 Å². The maximum atomic E-state index is 13.8. The van der Waals surface area contributed by atoms with Crippen LogP contribution in [0.5, 0.6) is 0 Å². The molecule has 5 rings (SSSR count). The van der Waals surface area contributed by atoms with Gasteiger partial charge in [0, 0.05) is 10.2 Å². The molecule has 2 amide bonds. The van der Waals surface area contributed by atoms with E-state index in [0.717, 1.165) is 4.47 Å². The molecular formula is C31H29BrN4O3. The molecule has 2 aromatic heterocycles. The minimum absolute atomic E-state index is 0.188. The third-order valence-corrected chi connectivity index (χ3v) is 7.25. The predicted octanol–water partition coefficient (Wildman–Crippen LogP) is 7.66. The first-order valence-corrected chi connectivity index (χ1v) is 13.6. The van der Waals surface area contributed by atoms with Crippen molar-refractivity contribution in [3.8, 4) is 5.69 Å². The first-order valence-electron chi connectivity index (χ1n) is 12.8. The van der Waals surface area contributed by atoms with Gasteiger partial charge in [-0.3, -0.25) is 9.36 Å². The van der Waals surface area contributed by atoms with Crippen LogP contribution in [0.2, 0.25) is 0 Å². The second-order valence-corrected chi connectivity index (χ2v) is 10.6. The summed E-state index contributed by atoms with van der Waals surface area (Å²) in [6, 6.07) is 25.2. The summed E-state index contributed by atoms with van der Waals surface area (Å²) in [6.07, 6.45) is 1.58. The Morgan fingerprint density at radius 2 is 1.69 bits per heavy atom. The van der Waals surface area contributed by atoms with Crippen molar-refractivity contribution < 1.29 is 9.21 Å². The average Bonchev–Trinajstić information content (AvgIpc) is 3.46. The lowest BCUT2D eigenvalue weighted by Crippen LogP contribution is -2.39. The average molecular weight is 586 g/mol. The number of nitrogens with one attached hydrogen (secondary N) is 1. The predicted molar refractivity (Wildman–Crippen MR) is 157 cm³/mol. The molecule has 0 saturated heterocycles. The van der Waals surface area contributed by atoms with Gasteiger partial charge < -0.3 is 14.6 Å². The van der Waals surface area contributed by atoms with Crippen LogP contribution < -0.4 is 10.9 Å². The Morgan fingerprint density at radius 1 is 0.974 bits per heavy atom. The lowest BCUT2D eigenvalue weighted by Gasteiger charge is -2.30. The SMILES string of the molecule is CC(C)c1ccc(NC(=O)N(Cc2ccco2)C(C)c2nc3ccccc3c(=O)n2-c2ccc(Br)cc2)cc1. The van der Waals surface area contributed by atoms with E-state index >= 15 is 0 Å². The van der Waals surface area contributed by atoms with E-state index in [1.165, 1.54) is 5.56 Å². The molecule has 0 spiro atoms. The van der Waals surface area contributed by atoms with E-state index in [0.29, 0.717) is 39.8 Å². The molecular weight excluding hydrogens is 556 g/mol. The van der Waals surface area contributed by atoms with E-state index in [9.17, 15) is 9.59 Å². The van der Waals surface area contributed by atoms with Crippen LogP contribution in [0.1, 0.15) is 49.9 Å². The summed E-state index contributed by atoms with van der Waals surface area (Å²) in [5, 5.41) is 3.52. The van der Waals surface area contributed by atoms with Gasteiger partial charge in [0.05, 0.1) is 35.4 Å². The highest BCUT2D eigenvalue weighted by Crippen LogP contribution is 2.27. The number of benzene rings is 3. The van der Waals surface area contributed by atoms with E-state index in [-0.39, 0.29) is 18.1 Å². The molecule has 0 fully saturated rings. The number of urea groups is 1. The molecule has 1 unspecified atom stereocenters. The lowest BCUT2D eigenvalue weighted by molar-refractivity contribution is 0.179. The van der Waals surface area contributed by atoms with Crippen LogP contribution in [0.4, 0.5) is 10.5 Å². The summed E-state index contributed by atoms with van der Waals surface area (Å²) in [5.74, 6) is 1.45. The molecule has 1 N–H and O–H groups in total. The van der Waals surface area contributed by atoms with E-state index in [2.05, 4.69) is 35.1 Å². The Morgan fingerprint density at radius 3 is 2.36 bits per heavy atom. The zero-order valence-electron chi connectivity index (χ0n) is 22.0. The zero-order chi connectivity index (χ0) is 27.5. The fraction of sp³-hybridized carbons (Fsp3) is 0.194. The molecule has 0 aliphatic rings. The van der Waals surface area contributed by atoms with E-state index < -0.39 is 6.04 Å². The van der Waals surface area contributed by atoms with E-state index in [4.69, 9.17) is 9.40 Å². The number of fused-ring (bicyclic) bond motifs is 1. The number of hydrogen-bond donors (Lipinski definition) is 1.